The molecular weight excluding hydrogens is 569 g/mol. The summed E-state index contributed by atoms with van der Waals surface area (Å²) in [6.07, 6.45) is 0. The van der Waals surface area contributed by atoms with Gasteiger partial charge in [0, 0.05) is 16.2 Å². The minimum absolute atomic E-state index is 0.0294. The number of hydrogen-bond acceptors (Lipinski definition) is 1. The number of hydrogen-bond donors (Lipinski definition) is 0. The van der Waals surface area contributed by atoms with E-state index in [0.717, 1.165) is 0 Å². The van der Waals surface area contributed by atoms with Crippen molar-refractivity contribution in [1.82, 2.24) is 0 Å². The molecule has 9 aromatic carbocycles. The molecule has 218 valence electrons. The molecule has 1 nitrogen and oxygen atoms in total. The fraction of sp³-hybridized carbons (Fsp3) is 0. The molecule has 0 aliphatic heterocycles. The van der Waals surface area contributed by atoms with Crippen molar-refractivity contribution in [1.29, 1.82) is 0 Å². The van der Waals surface area contributed by atoms with E-state index < -0.39 is 78.6 Å². The molecule has 0 spiro atoms. The molecule has 0 atom stereocenters. The van der Waals surface area contributed by atoms with Gasteiger partial charge in [-0.2, -0.15) is 0 Å². The lowest BCUT2D eigenvalue weighted by Crippen LogP contribution is -1.91. The van der Waals surface area contributed by atoms with Gasteiger partial charge in [0.15, 0.2) is 0 Å². The lowest BCUT2D eigenvalue weighted by molar-refractivity contribution is 0.672. The molecule has 0 saturated heterocycles. The Kier molecular flexibility index (Phi) is 3.23. The van der Waals surface area contributed by atoms with Crippen LogP contribution in [0, 0.1) is 0 Å². The third-order valence-corrected chi connectivity index (χ3v) is 8.62. The highest BCUT2D eigenvalue weighted by Crippen LogP contribution is 2.45. The van der Waals surface area contributed by atoms with Crippen LogP contribution in [0.2, 0.25) is 0 Å². The van der Waals surface area contributed by atoms with E-state index in [1.165, 1.54) is 0 Å². The summed E-state index contributed by atoms with van der Waals surface area (Å²) in [6, 6.07) is 14.0. The fourth-order valence-electron chi connectivity index (χ4n) is 6.60. The summed E-state index contributed by atoms with van der Waals surface area (Å²) < 4.78 is 147. The first-order valence-corrected chi connectivity index (χ1v) is 14.9. The quantitative estimate of drug-likeness (QED) is 0.181. The largest absolute Gasteiger partial charge is 0.455 e. The summed E-state index contributed by atoms with van der Waals surface area (Å²) in [5.41, 5.74) is 1.77. The Morgan fingerprint density at radius 1 is 0.404 bits per heavy atom. The van der Waals surface area contributed by atoms with Crippen molar-refractivity contribution in [3.05, 3.63) is 169 Å². The first kappa shape index (κ1) is 14.9. The summed E-state index contributed by atoms with van der Waals surface area (Å²) in [5.74, 6) is 0. The molecule has 0 amide bonds. The maximum absolute atomic E-state index is 9.77. The van der Waals surface area contributed by atoms with Gasteiger partial charge in [-0.15, -0.1) is 0 Å². The Labute approximate surface area is 294 Å². The summed E-state index contributed by atoms with van der Waals surface area (Å²) in [5, 5.41) is 1.71. The van der Waals surface area contributed by atoms with Crippen molar-refractivity contribution in [2.75, 3.05) is 0 Å². The number of furan rings is 1. The van der Waals surface area contributed by atoms with Crippen molar-refractivity contribution in [2.24, 2.45) is 0 Å². The first-order chi connectivity index (χ1) is 30.0. The molecule has 1 aromatic heterocycles. The molecular formula is C46H28O. The topological polar surface area (TPSA) is 13.1 Å². The molecule has 0 fully saturated rings. The maximum atomic E-state index is 9.77. The van der Waals surface area contributed by atoms with Crippen molar-refractivity contribution in [3.8, 4) is 33.4 Å². The lowest BCUT2D eigenvalue weighted by atomic mass is 9.85. The summed E-state index contributed by atoms with van der Waals surface area (Å²) in [7, 11) is 0. The Bertz CT molecular complexity index is 3700. The van der Waals surface area contributed by atoms with Crippen molar-refractivity contribution >= 4 is 65.0 Å². The van der Waals surface area contributed by atoms with E-state index in [2.05, 4.69) is 0 Å². The van der Waals surface area contributed by atoms with Crippen LogP contribution in [0.25, 0.3) is 98.4 Å². The van der Waals surface area contributed by atoms with Crippen LogP contribution in [0.5, 0.6) is 0 Å². The van der Waals surface area contributed by atoms with Gasteiger partial charge in [0.2, 0.25) is 0 Å². The minimum atomic E-state index is -0.585. The smallest absolute Gasteiger partial charge is 0.143 e. The molecule has 47 heavy (non-hydrogen) atoms. The van der Waals surface area contributed by atoms with Crippen LogP contribution in [-0.4, -0.2) is 0 Å². The SMILES string of the molecule is [2H]c1c(-c2c3ccccc3c(-c3cccc(-c4c([2H])c([2H])c([2H])c5c([2H])c([2H])c([2H])c([2H])c45)c3)c3ccccc23)c([2H])c2c(oc3c4c([2H])c([2H])c([2H])c([2H])c4c([2H])c([2H])c32)c1[2H]. The Morgan fingerprint density at radius 3 is 1.77 bits per heavy atom. The zero-order valence-corrected chi connectivity index (χ0v) is 24.3. The van der Waals surface area contributed by atoms with E-state index in [1.54, 1.807) is 30.3 Å². The number of rotatable bonds is 3. The van der Waals surface area contributed by atoms with E-state index in [1.807, 2.05) is 42.5 Å². The average molecular weight is 613 g/mol. The highest BCUT2D eigenvalue weighted by Gasteiger charge is 2.19. The second-order valence-corrected chi connectivity index (χ2v) is 11.2. The summed E-state index contributed by atoms with van der Waals surface area (Å²) in [4.78, 5) is 0. The third kappa shape index (κ3) is 3.97. The molecule has 10 aromatic rings. The predicted molar refractivity (Wildman–Crippen MR) is 200 cm³/mol. The second kappa shape index (κ2) is 10.2. The zero-order chi connectivity index (χ0) is 44.8. The minimum Gasteiger partial charge on any atom is -0.455 e. The molecule has 0 unspecified atom stereocenters. The zero-order valence-electron chi connectivity index (χ0n) is 40.3. The van der Waals surface area contributed by atoms with Gasteiger partial charge in [0.05, 0.1) is 21.9 Å². The van der Waals surface area contributed by atoms with E-state index in [9.17, 15) is 4.11 Å². The van der Waals surface area contributed by atoms with E-state index >= 15 is 0 Å². The van der Waals surface area contributed by atoms with Gasteiger partial charge in [-0.1, -0.05) is 145 Å². The molecule has 0 radical (unpaired) electrons. The Morgan fingerprint density at radius 2 is 1.02 bits per heavy atom. The molecule has 0 N–H and O–H groups in total. The number of fused-ring (bicyclic) bond motifs is 8. The van der Waals surface area contributed by atoms with Crippen LogP contribution in [0.15, 0.2) is 174 Å². The van der Waals surface area contributed by atoms with Crippen LogP contribution < -0.4 is 0 Å². The number of benzene rings is 9. The van der Waals surface area contributed by atoms with E-state index in [0.29, 0.717) is 43.8 Å². The standard InChI is InChI=1S/C46H28O/c1-3-16-34-29(11-1)13-10-22-35(34)31-14-9-15-32(27-31)44-37-18-5-7-20-39(37)45(40-21-8-6-19-38(40)44)33-24-26-43-42(28-33)41-25-23-30-12-2-4-17-36(30)46(41)47-43/h1-28H/i1D,2D,3D,4D,10D,11D,12D,13D,16D,17D,22D,23D,24D,25D,26D,28D. The van der Waals surface area contributed by atoms with Gasteiger partial charge in [-0.25, -0.2) is 0 Å². The van der Waals surface area contributed by atoms with Crippen LogP contribution in [-0.2, 0) is 0 Å². The fourth-order valence-corrected chi connectivity index (χ4v) is 6.60. The normalized spacial score (nSPS) is 16.6. The lowest BCUT2D eigenvalue weighted by Gasteiger charge is -2.18. The molecule has 1 heteroatoms. The van der Waals surface area contributed by atoms with Gasteiger partial charge in [0.25, 0.3) is 0 Å². The van der Waals surface area contributed by atoms with E-state index in [-0.39, 0.29) is 72.7 Å². The highest BCUT2D eigenvalue weighted by atomic mass is 16.3. The first-order valence-electron chi connectivity index (χ1n) is 22.9. The average Bonchev–Trinajstić information content (AvgIpc) is 3.69. The Balaban J connectivity index is 1.30. The molecule has 0 aliphatic carbocycles. The summed E-state index contributed by atoms with van der Waals surface area (Å²) >= 11 is 0. The summed E-state index contributed by atoms with van der Waals surface area (Å²) in [6.45, 7) is 0. The van der Waals surface area contributed by atoms with Crippen molar-refractivity contribution < 1.29 is 26.3 Å². The van der Waals surface area contributed by atoms with Crippen LogP contribution in [0.1, 0.15) is 21.9 Å². The molecule has 1 heterocycles. The highest BCUT2D eigenvalue weighted by molar-refractivity contribution is 6.23. The monoisotopic (exact) mass is 612 g/mol. The van der Waals surface area contributed by atoms with Gasteiger partial charge in [-0.05, 0) is 95.3 Å². The third-order valence-electron chi connectivity index (χ3n) is 8.62. The van der Waals surface area contributed by atoms with Crippen LogP contribution in [0.4, 0.5) is 0 Å². The predicted octanol–water partition coefficient (Wildman–Crippen LogP) is 13.2. The van der Waals surface area contributed by atoms with Gasteiger partial charge in [-0.3, -0.25) is 0 Å². The molecule has 0 saturated carbocycles. The maximum Gasteiger partial charge on any atom is 0.143 e. The van der Waals surface area contributed by atoms with Crippen molar-refractivity contribution in [2.45, 2.75) is 0 Å². The van der Waals surface area contributed by atoms with Gasteiger partial charge < -0.3 is 4.42 Å². The molecule has 10 rings (SSSR count). The van der Waals surface area contributed by atoms with Gasteiger partial charge >= 0.3 is 0 Å². The van der Waals surface area contributed by atoms with Gasteiger partial charge in [0.1, 0.15) is 11.2 Å². The Hall–Kier alpha value is -6.18. The second-order valence-electron chi connectivity index (χ2n) is 11.2. The van der Waals surface area contributed by atoms with Crippen LogP contribution in [0.3, 0.4) is 0 Å². The van der Waals surface area contributed by atoms with E-state index in [4.69, 9.17) is 22.2 Å². The van der Waals surface area contributed by atoms with Crippen LogP contribution >= 0.6 is 0 Å². The molecule has 0 bridgehead atoms. The molecule has 0 aliphatic rings. The van der Waals surface area contributed by atoms with Crippen molar-refractivity contribution in [3.63, 3.8) is 0 Å².